The van der Waals surface area contributed by atoms with E-state index in [-0.39, 0.29) is 5.91 Å². The van der Waals surface area contributed by atoms with Crippen LogP contribution < -0.4 is 5.32 Å². The number of anilines is 1. The lowest BCUT2D eigenvalue weighted by Gasteiger charge is -2.29. The topological polar surface area (TPSA) is 38.8 Å². The maximum absolute atomic E-state index is 13.2. The van der Waals surface area contributed by atoms with E-state index in [1.807, 2.05) is 4.90 Å². The number of para-hydroxylation sites is 1. The summed E-state index contributed by atoms with van der Waals surface area (Å²) in [7, 11) is 0. The Morgan fingerprint density at radius 3 is 2.47 bits per heavy atom. The first-order chi connectivity index (χ1) is 14.7. The van der Waals surface area contributed by atoms with Gasteiger partial charge in [-0.2, -0.15) is 0 Å². The number of carbonyl (C=O) groups excluding carboxylic acids is 1. The SMILES string of the molecule is CCN(CC)CC(=O)N1CCN(Cc2ccccc2)CCCNc2ccccc2C1. The number of hydrogen-bond acceptors (Lipinski definition) is 4. The molecular formula is C25H36N4O. The molecule has 0 radical (unpaired) electrons. The number of rotatable bonds is 6. The second-order valence-electron chi connectivity index (χ2n) is 7.98. The zero-order valence-electron chi connectivity index (χ0n) is 18.5. The van der Waals surface area contributed by atoms with Crippen LogP contribution in [0.5, 0.6) is 0 Å². The van der Waals surface area contributed by atoms with E-state index in [4.69, 9.17) is 0 Å². The van der Waals surface area contributed by atoms with Gasteiger partial charge in [-0.1, -0.05) is 62.4 Å². The monoisotopic (exact) mass is 408 g/mol. The number of fused-ring (bicyclic) bond motifs is 1. The van der Waals surface area contributed by atoms with Gasteiger partial charge in [0.25, 0.3) is 0 Å². The highest BCUT2D eigenvalue weighted by Gasteiger charge is 2.20. The van der Waals surface area contributed by atoms with Crippen molar-refractivity contribution in [3.63, 3.8) is 0 Å². The second-order valence-corrected chi connectivity index (χ2v) is 7.98. The summed E-state index contributed by atoms with van der Waals surface area (Å²) in [6, 6.07) is 19.0. The van der Waals surface area contributed by atoms with Crippen molar-refractivity contribution in [2.75, 3.05) is 51.1 Å². The molecule has 1 N–H and O–H groups in total. The lowest BCUT2D eigenvalue weighted by molar-refractivity contribution is -0.133. The summed E-state index contributed by atoms with van der Waals surface area (Å²) in [6.07, 6.45) is 1.08. The Labute approximate surface area is 181 Å². The average Bonchev–Trinajstić information content (AvgIpc) is 2.82. The van der Waals surface area contributed by atoms with Crippen molar-refractivity contribution >= 4 is 11.6 Å². The summed E-state index contributed by atoms with van der Waals surface area (Å²) >= 11 is 0. The smallest absolute Gasteiger partial charge is 0.237 e. The van der Waals surface area contributed by atoms with Gasteiger partial charge in [-0.05, 0) is 36.7 Å². The summed E-state index contributed by atoms with van der Waals surface area (Å²) in [5.74, 6) is 0.215. The predicted octanol–water partition coefficient (Wildman–Crippen LogP) is 3.67. The standard InChI is InChI=1S/C25H36N4O/c1-3-27(4-2)21-25(30)29-18-17-28(19-22-11-6-5-7-12-22)16-10-15-26-24-14-9-8-13-23(24)20-29/h5-9,11-14,26H,3-4,10,15-21H2,1-2H3. The molecule has 0 fully saturated rings. The molecule has 0 saturated carbocycles. The van der Waals surface area contributed by atoms with Crippen molar-refractivity contribution in [2.45, 2.75) is 33.4 Å². The molecule has 5 heteroatoms. The van der Waals surface area contributed by atoms with E-state index in [1.165, 1.54) is 11.1 Å². The zero-order valence-corrected chi connectivity index (χ0v) is 18.5. The Hall–Kier alpha value is -2.37. The van der Waals surface area contributed by atoms with Crippen LogP contribution in [0.1, 0.15) is 31.4 Å². The number of hydrogen-bond donors (Lipinski definition) is 1. The molecule has 162 valence electrons. The Morgan fingerprint density at radius 2 is 1.70 bits per heavy atom. The van der Waals surface area contributed by atoms with E-state index < -0.39 is 0 Å². The van der Waals surface area contributed by atoms with Crippen molar-refractivity contribution in [3.05, 3.63) is 65.7 Å². The number of nitrogens with zero attached hydrogens (tertiary/aromatic N) is 3. The van der Waals surface area contributed by atoms with Gasteiger partial charge in [-0.15, -0.1) is 0 Å². The van der Waals surface area contributed by atoms with Gasteiger partial charge in [0.1, 0.15) is 0 Å². The van der Waals surface area contributed by atoms with E-state index in [9.17, 15) is 4.79 Å². The fourth-order valence-electron chi connectivity index (χ4n) is 3.97. The maximum atomic E-state index is 13.2. The third-order valence-corrected chi connectivity index (χ3v) is 5.89. The molecule has 3 rings (SSSR count). The Kier molecular flexibility index (Phi) is 8.72. The molecule has 1 amide bonds. The van der Waals surface area contributed by atoms with Crippen LogP contribution in [0.4, 0.5) is 5.69 Å². The third-order valence-electron chi connectivity index (χ3n) is 5.89. The van der Waals surface area contributed by atoms with Crippen molar-refractivity contribution in [1.29, 1.82) is 0 Å². The Balaban J connectivity index is 1.76. The molecule has 0 bridgehead atoms. The molecule has 30 heavy (non-hydrogen) atoms. The molecule has 1 heterocycles. The van der Waals surface area contributed by atoms with Gasteiger partial charge in [0.15, 0.2) is 0 Å². The van der Waals surface area contributed by atoms with Gasteiger partial charge in [-0.3, -0.25) is 14.6 Å². The molecule has 0 atom stereocenters. The fourth-order valence-corrected chi connectivity index (χ4v) is 3.97. The maximum Gasteiger partial charge on any atom is 0.237 e. The van der Waals surface area contributed by atoms with Gasteiger partial charge < -0.3 is 10.2 Å². The molecule has 5 nitrogen and oxygen atoms in total. The molecule has 0 aliphatic carbocycles. The van der Waals surface area contributed by atoms with E-state index in [2.05, 4.69) is 83.6 Å². The number of carbonyl (C=O) groups is 1. The minimum atomic E-state index is 0.215. The molecule has 0 saturated heterocycles. The van der Waals surface area contributed by atoms with Crippen LogP contribution in [-0.4, -0.2) is 66.4 Å². The molecule has 2 aromatic carbocycles. The molecular weight excluding hydrogens is 372 g/mol. The first-order valence-electron chi connectivity index (χ1n) is 11.3. The molecule has 0 aromatic heterocycles. The molecule has 1 aliphatic rings. The summed E-state index contributed by atoms with van der Waals surface area (Å²) in [5.41, 5.74) is 3.67. The summed E-state index contributed by atoms with van der Waals surface area (Å²) in [5, 5.41) is 3.59. The second kappa shape index (κ2) is 11.7. The number of amides is 1. The minimum Gasteiger partial charge on any atom is -0.385 e. The van der Waals surface area contributed by atoms with Crippen LogP contribution in [-0.2, 0) is 17.9 Å². The van der Waals surface area contributed by atoms with Crippen LogP contribution in [0.3, 0.4) is 0 Å². The molecule has 1 aliphatic heterocycles. The quantitative estimate of drug-likeness (QED) is 0.792. The van der Waals surface area contributed by atoms with Crippen LogP contribution in [0.25, 0.3) is 0 Å². The van der Waals surface area contributed by atoms with Gasteiger partial charge in [0.2, 0.25) is 5.91 Å². The van der Waals surface area contributed by atoms with Crippen molar-refractivity contribution in [2.24, 2.45) is 0 Å². The third kappa shape index (κ3) is 6.57. The van der Waals surface area contributed by atoms with Crippen LogP contribution in [0.15, 0.2) is 54.6 Å². The highest BCUT2D eigenvalue weighted by molar-refractivity contribution is 5.78. The van der Waals surface area contributed by atoms with Crippen LogP contribution >= 0.6 is 0 Å². The summed E-state index contributed by atoms with van der Waals surface area (Å²) in [4.78, 5) is 19.9. The summed E-state index contributed by atoms with van der Waals surface area (Å²) < 4.78 is 0. The lowest BCUT2D eigenvalue weighted by atomic mass is 10.1. The minimum absolute atomic E-state index is 0.215. The zero-order chi connectivity index (χ0) is 21.2. The summed E-state index contributed by atoms with van der Waals surface area (Å²) in [6.45, 7) is 11.7. The Morgan fingerprint density at radius 1 is 0.967 bits per heavy atom. The highest BCUT2D eigenvalue weighted by atomic mass is 16.2. The highest BCUT2D eigenvalue weighted by Crippen LogP contribution is 2.19. The van der Waals surface area contributed by atoms with E-state index in [1.54, 1.807) is 0 Å². The predicted molar refractivity (Wildman–Crippen MR) is 124 cm³/mol. The van der Waals surface area contributed by atoms with Crippen LogP contribution in [0.2, 0.25) is 0 Å². The van der Waals surface area contributed by atoms with E-state index >= 15 is 0 Å². The largest absolute Gasteiger partial charge is 0.385 e. The van der Waals surface area contributed by atoms with E-state index in [0.29, 0.717) is 13.1 Å². The molecule has 2 aromatic rings. The normalized spacial score (nSPS) is 15.9. The first-order valence-corrected chi connectivity index (χ1v) is 11.3. The van der Waals surface area contributed by atoms with Gasteiger partial charge in [0, 0.05) is 45.0 Å². The average molecular weight is 409 g/mol. The van der Waals surface area contributed by atoms with Gasteiger partial charge >= 0.3 is 0 Å². The first kappa shape index (κ1) is 22.3. The molecule has 0 spiro atoms. The van der Waals surface area contributed by atoms with Gasteiger partial charge in [0.05, 0.1) is 6.54 Å². The number of nitrogens with one attached hydrogen (secondary N) is 1. The van der Waals surface area contributed by atoms with Crippen molar-refractivity contribution in [3.8, 4) is 0 Å². The fraction of sp³-hybridized carbons (Fsp3) is 0.480. The van der Waals surface area contributed by atoms with Crippen LogP contribution in [0, 0.1) is 0 Å². The van der Waals surface area contributed by atoms with Gasteiger partial charge in [-0.25, -0.2) is 0 Å². The van der Waals surface area contributed by atoms with Crippen molar-refractivity contribution in [1.82, 2.24) is 14.7 Å². The lowest BCUT2D eigenvalue weighted by Crippen LogP contribution is -2.43. The number of likely N-dealkylation sites (N-methyl/N-ethyl adjacent to an activating group) is 1. The van der Waals surface area contributed by atoms with E-state index in [0.717, 1.165) is 57.9 Å². The number of benzene rings is 2. The van der Waals surface area contributed by atoms with Crippen molar-refractivity contribution < 1.29 is 4.79 Å². The molecule has 0 unspecified atom stereocenters. The Bertz CT molecular complexity index is 776.